The van der Waals surface area contributed by atoms with Gasteiger partial charge in [-0.2, -0.15) is 4.63 Å². The molecule has 0 spiro atoms. The smallest absolute Gasteiger partial charge is 0.314 e. The van der Waals surface area contributed by atoms with Gasteiger partial charge in [-0.25, -0.2) is 4.98 Å². The first-order valence-electron chi connectivity index (χ1n) is 11.7. The molecule has 2 heterocycles. The molecule has 0 atom stereocenters. The van der Waals surface area contributed by atoms with E-state index < -0.39 is 0 Å². The third-order valence-corrected chi connectivity index (χ3v) is 8.12. The van der Waals surface area contributed by atoms with E-state index in [1.165, 1.54) is 19.3 Å². The number of H-pyrrole nitrogens is 1. The normalized spacial score (nSPS) is 27.9. The Balaban J connectivity index is 0.983. The van der Waals surface area contributed by atoms with Crippen LogP contribution in [-0.2, 0) is 14.3 Å². The van der Waals surface area contributed by atoms with Crippen LogP contribution in [-0.4, -0.2) is 39.3 Å². The summed E-state index contributed by atoms with van der Waals surface area (Å²) in [7, 11) is 0. The molecule has 0 aliphatic heterocycles. The summed E-state index contributed by atoms with van der Waals surface area (Å²) < 4.78 is 12.7. The number of hydrogen-bond acceptors (Lipinski definition) is 6. The summed E-state index contributed by atoms with van der Waals surface area (Å²) in [5.41, 5.74) is 2.99. The Labute approximate surface area is 197 Å². The Kier molecular flexibility index (Phi) is 5.10. The molecule has 8 nitrogen and oxygen atoms in total. The molecule has 2 N–H and O–H groups in total. The number of nitrogens with zero attached hydrogens (tertiary/aromatic N) is 3. The summed E-state index contributed by atoms with van der Waals surface area (Å²) in [6, 6.07) is 7.74. The van der Waals surface area contributed by atoms with Gasteiger partial charge in [-0.3, -0.25) is 9.89 Å². The number of esters is 1. The Bertz CT molecular complexity index is 1150. The van der Waals surface area contributed by atoms with Gasteiger partial charge in [-0.1, -0.05) is 11.6 Å². The van der Waals surface area contributed by atoms with Crippen molar-refractivity contribution in [3.63, 3.8) is 0 Å². The van der Waals surface area contributed by atoms with Crippen molar-refractivity contribution in [2.75, 3.05) is 18.8 Å². The number of halogens is 1. The van der Waals surface area contributed by atoms with Gasteiger partial charge >= 0.3 is 5.97 Å². The molecule has 4 bridgehead atoms. The largest absolute Gasteiger partial charge is 0.438 e. The van der Waals surface area contributed by atoms with Gasteiger partial charge in [-0.05, 0) is 87.5 Å². The highest BCUT2D eigenvalue weighted by Crippen LogP contribution is 2.60. The number of carbonyl (C=O) groups excluding carboxylic acids is 1. The number of ether oxygens (including phenoxy) is 2. The molecule has 9 heteroatoms. The molecule has 174 valence electrons. The van der Waals surface area contributed by atoms with Crippen molar-refractivity contribution < 1.29 is 14.3 Å². The van der Waals surface area contributed by atoms with Crippen molar-refractivity contribution >= 4 is 28.9 Å². The number of benzene rings is 1. The van der Waals surface area contributed by atoms with E-state index in [0.717, 1.165) is 54.0 Å². The van der Waals surface area contributed by atoms with E-state index in [2.05, 4.69) is 20.5 Å². The first-order chi connectivity index (χ1) is 16.0. The van der Waals surface area contributed by atoms with E-state index in [4.69, 9.17) is 21.1 Å². The molecule has 0 amide bonds. The van der Waals surface area contributed by atoms with Gasteiger partial charge in [-0.15, -0.1) is 5.10 Å². The van der Waals surface area contributed by atoms with Crippen LogP contribution in [0.5, 0.6) is 0 Å². The fourth-order valence-corrected chi connectivity index (χ4v) is 6.72. The molecule has 4 fully saturated rings. The second kappa shape index (κ2) is 8.02. The minimum Gasteiger partial charge on any atom is -0.438 e. The number of hydrogen-bond donors (Lipinski definition) is 2. The Morgan fingerprint density at radius 3 is 2.48 bits per heavy atom. The number of fused-ring (bicyclic) bond motifs is 1. The van der Waals surface area contributed by atoms with Crippen LogP contribution in [0.4, 0.5) is 5.69 Å². The van der Waals surface area contributed by atoms with Crippen LogP contribution >= 0.6 is 11.6 Å². The SMILES string of the molecule is Cc1[nH]n2nc(-c3ccc(NCOCOC(=O)C45CC6CC(CC(C6)C4)C5)cc3)nc2c1Cl. The number of aromatic nitrogens is 4. The third-order valence-electron chi connectivity index (χ3n) is 7.67. The van der Waals surface area contributed by atoms with Gasteiger partial charge in [0.15, 0.2) is 18.3 Å². The zero-order chi connectivity index (χ0) is 22.6. The summed E-state index contributed by atoms with van der Waals surface area (Å²) in [4.78, 5) is 17.3. The van der Waals surface area contributed by atoms with Gasteiger partial charge in [0, 0.05) is 11.3 Å². The Morgan fingerprint density at radius 1 is 1.18 bits per heavy atom. The predicted molar refractivity (Wildman–Crippen MR) is 124 cm³/mol. The van der Waals surface area contributed by atoms with E-state index in [9.17, 15) is 4.79 Å². The van der Waals surface area contributed by atoms with Gasteiger partial charge in [0.1, 0.15) is 11.8 Å². The molecular formula is C24H28ClN5O3. The summed E-state index contributed by atoms with van der Waals surface area (Å²) >= 11 is 6.24. The molecule has 1 aromatic carbocycles. The topological polar surface area (TPSA) is 93.5 Å². The van der Waals surface area contributed by atoms with E-state index in [-0.39, 0.29) is 24.9 Å². The first kappa shape index (κ1) is 21.0. The lowest BCUT2D eigenvalue weighted by Gasteiger charge is -2.55. The maximum atomic E-state index is 12.8. The highest BCUT2D eigenvalue weighted by molar-refractivity contribution is 6.34. The first-order valence-corrected chi connectivity index (χ1v) is 12.1. The lowest BCUT2D eigenvalue weighted by Crippen LogP contribution is -2.50. The molecule has 4 aliphatic carbocycles. The molecule has 4 aliphatic rings. The lowest BCUT2D eigenvalue weighted by molar-refractivity contribution is -0.182. The quantitative estimate of drug-likeness (QED) is 0.293. The van der Waals surface area contributed by atoms with Crippen molar-refractivity contribution in [2.45, 2.75) is 45.4 Å². The zero-order valence-electron chi connectivity index (χ0n) is 18.6. The Morgan fingerprint density at radius 2 is 1.85 bits per heavy atom. The number of rotatable bonds is 7. The summed E-state index contributed by atoms with van der Waals surface area (Å²) in [6.45, 7) is 2.12. The number of aryl methyl sites for hydroxylation is 1. The molecular weight excluding hydrogens is 442 g/mol. The highest BCUT2D eigenvalue weighted by Gasteiger charge is 2.55. The van der Waals surface area contributed by atoms with Crippen molar-refractivity contribution in [1.29, 1.82) is 0 Å². The van der Waals surface area contributed by atoms with Crippen LogP contribution in [0, 0.1) is 30.1 Å². The minimum atomic E-state index is -0.239. The molecule has 4 saturated carbocycles. The van der Waals surface area contributed by atoms with Crippen molar-refractivity contribution in [1.82, 2.24) is 19.8 Å². The predicted octanol–water partition coefficient (Wildman–Crippen LogP) is 4.79. The molecule has 0 unspecified atom stereocenters. The van der Waals surface area contributed by atoms with Crippen LogP contribution in [0.15, 0.2) is 24.3 Å². The molecule has 0 saturated heterocycles. The average molecular weight is 470 g/mol. The van der Waals surface area contributed by atoms with E-state index in [1.807, 2.05) is 31.2 Å². The minimum absolute atomic E-state index is 0.0174. The summed E-state index contributed by atoms with van der Waals surface area (Å²) in [5.74, 6) is 2.72. The number of nitrogens with one attached hydrogen (secondary N) is 2. The number of anilines is 1. The van der Waals surface area contributed by atoms with Crippen LogP contribution in [0.25, 0.3) is 17.0 Å². The van der Waals surface area contributed by atoms with Crippen molar-refractivity contribution in [3.8, 4) is 11.4 Å². The summed E-state index contributed by atoms with van der Waals surface area (Å²) in [6.07, 6.45) is 6.96. The van der Waals surface area contributed by atoms with Gasteiger partial charge < -0.3 is 14.8 Å². The maximum absolute atomic E-state index is 12.8. The molecule has 33 heavy (non-hydrogen) atoms. The number of aromatic amines is 1. The van der Waals surface area contributed by atoms with Gasteiger partial charge in [0.2, 0.25) is 0 Å². The Hall–Kier alpha value is -2.58. The zero-order valence-corrected chi connectivity index (χ0v) is 19.4. The van der Waals surface area contributed by atoms with Gasteiger partial charge in [0.25, 0.3) is 0 Å². The summed E-state index contributed by atoms with van der Waals surface area (Å²) in [5, 5.41) is 11.3. The average Bonchev–Trinajstić information content (AvgIpc) is 3.32. The van der Waals surface area contributed by atoms with Crippen LogP contribution < -0.4 is 5.32 Å². The van der Waals surface area contributed by atoms with Gasteiger partial charge in [0.05, 0.1) is 11.1 Å². The van der Waals surface area contributed by atoms with Crippen LogP contribution in [0.1, 0.15) is 44.2 Å². The second-order valence-corrected chi connectivity index (χ2v) is 10.4. The molecule has 2 aromatic heterocycles. The van der Waals surface area contributed by atoms with Crippen LogP contribution in [0.3, 0.4) is 0 Å². The molecule has 0 radical (unpaired) electrons. The fraction of sp³-hybridized carbons (Fsp3) is 0.542. The maximum Gasteiger partial charge on any atom is 0.314 e. The van der Waals surface area contributed by atoms with Crippen LogP contribution in [0.2, 0.25) is 5.02 Å². The monoisotopic (exact) mass is 469 g/mol. The standard InChI is InChI=1S/C24H28ClN5O3/c1-14-20(25)22-27-21(29-30(22)28-14)18-2-4-19(5-3-18)26-12-32-13-33-23(31)24-9-15-6-16(10-24)8-17(7-15)11-24/h2-5,15-17,26,28H,6-13H2,1H3. The molecule has 3 aromatic rings. The third kappa shape index (κ3) is 3.79. The highest BCUT2D eigenvalue weighted by atomic mass is 35.5. The van der Waals surface area contributed by atoms with Crippen molar-refractivity contribution in [2.24, 2.45) is 23.2 Å². The van der Waals surface area contributed by atoms with Crippen molar-refractivity contribution in [3.05, 3.63) is 35.0 Å². The lowest BCUT2D eigenvalue weighted by atomic mass is 9.49. The second-order valence-electron chi connectivity index (χ2n) is 10.1. The van der Waals surface area contributed by atoms with E-state index in [1.54, 1.807) is 4.63 Å². The molecule has 7 rings (SSSR count). The number of carbonyl (C=O) groups is 1. The van der Waals surface area contributed by atoms with E-state index >= 15 is 0 Å². The van der Waals surface area contributed by atoms with E-state index in [0.29, 0.717) is 16.5 Å². The fourth-order valence-electron chi connectivity index (χ4n) is 6.55.